The lowest BCUT2D eigenvalue weighted by atomic mass is 9.98. The second kappa shape index (κ2) is 12.6. The number of benzene rings is 3. The Balaban J connectivity index is 1.43. The maximum atomic E-state index is 13.8. The molecule has 2 amide bonds. The first kappa shape index (κ1) is 30.3. The van der Waals surface area contributed by atoms with Gasteiger partial charge in [0.15, 0.2) is 6.61 Å². The van der Waals surface area contributed by atoms with E-state index in [1.165, 1.54) is 29.2 Å². The minimum absolute atomic E-state index is 0.0284. The number of primary sulfonamides is 1. The largest absolute Gasteiger partial charge is 0.482 e. The zero-order chi connectivity index (χ0) is 30.0. The lowest BCUT2D eigenvalue weighted by molar-refractivity contribution is -0.133. The number of likely N-dealkylation sites (N-methyl/N-ethyl adjacent to an activating group) is 1. The maximum Gasteiger partial charge on any atom is 0.265 e. The second-order valence-electron chi connectivity index (χ2n) is 10.1. The standard InChI is InChI=1S/C29H30Cl2N4O6S/c1-33(28(36)17-35-25-14-23(30)24(31)15-27(25)41-18-29(35)37)26(16-34-9-11-40-12-10-34)21-4-2-3-20(13-21)19-5-7-22(8-6-19)42(32,38)39/h2-8,13-15,26H,9-12,16-18H2,1H3,(H2,32,38,39). The molecule has 3 aromatic rings. The summed E-state index contributed by atoms with van der Waals surface area (Å²) in [5.41, 5.74) is 2.92. The molecule has 1 saturated heterocycles. The highest BCUT2D eigenvalue weighted by atomic mass is 35.5. The predicted molar refractivity (Wildman–Crippen MR) is 160 cm³/mol. The van der Waals surface area contributed by atoms with Crippen molar-refractivity contribution in [1.82, 2.24) is 9.80 Å². The number of hydrogen-bond acceptors (Lipinski definition) is 7. The van der Waals surface area contributed by atoms with Gasteiger partial charge in [-0.25, -0.2) is 13.6 Å². The van der Waals surface area contributed by atoms with Crippen molar-refractivity contribution in [2.45, 2.75) is 10.9 Å². The highest BCUT2D eigenvalue weighted by Crippen LogP contribution is 2.39. The molecule has 0 radical (unpaired) electrons. The quantitative estimate of drug-likeness (QED) is 0.403. The van der Waals surface area contributed by atoms with Gasteiger partial charge in [0.25, 0.3) is 5.91 Å². The van der Waals surface area contributed by atoms with Crippen LogP contribution < -0.4 is 14.8 Å². The average molecular weight is 634 g/mol. The molecule has 2 aliphatic rings. The van der Waals surface area contributed by atoms with E-state index < -0.39 is 10.0 Å². The van der Waals surface area contributed by atoms with Crippen molar-refractivity contribution in [3.63, 3.8) is 0 Å². The number of amides is 2. The molecule has 222 valence electrons. The predicted octanol–water partition coefficient (Wildman–Crippen LogP) is 3.57. The lowest BCUT2D eigenvalue weighted by Gasteiger charge is -2.37. The zero-order valence-electron chi connectivity index (χ0n) is 22.8. The van der Waals surface area contributed by atoms with Crippen LogP contribution in [0.3, 0.4) is 0 Å². The third-order valence-corrected chi connectivity index (χ3v) is 9.07. The van der Waals surface area contributed by atoms with Gasteiger partial charge in [0, 0.05) is 32.7 Å². The Morgan fingerprint density at radius 1 is 1.02 bits per heavy atom. The summed E-state index contributed by atoms with van der Waals surface area (Å²) in [6, 6.07) is 16.8. The third kappa shape index (κ3) is 6.72. The highest BCUT2D eigenvalue weighted by molar-refractivity contribution is 7.89. The molecule has 3 aromatic carbocycles. The molecule has 13 heteroatoms. The van der Waals surface area contributed by atoms with Gasteiger partial charge in [0.05, 0.1) is 39.9 Å². The number of anilines is 1. The Labute approximate surface area is 254 Å². The minimum Gasteiger partial charge on any atom is -0.482 e. The summed E-state index contributed by atoms with van der Waals surface area (Å²) in [5, 5.41) is 5.79. The first-order valence-corrected chi connectivity index (χ1v) is 15.5. The molecule has 0 spiro atoms. The maximum absolute atomic E-state index is 13.8. The van der Waals surface area contributed by atoms with Crippen molar-refractivity contribution in [2.75, 3.05) is 57.9 Å². The van der Waals surface area contributed by atoms with Gasteiger partial charge in [-0.3, -0.25) is 19.4 Å². The molecule has 10 nitrogen and oxygen atoms in total. The summed E-state index contributed by atoms with van der Waals surface area (Å²) in [4.78, 5) is 31.9. The molecule has 5 rings (SSSR count). The summed E-state index contributed by atoms with van der Waals surface area (Å²) in [6.07, 6.45) is 0. The van der Waals surface area contributed by atoms with Gasteiger partial charge < -0.3 is 14.4 Å². The number of halogens is 2. The van der Waals surface area contributed by atoms with E-state index in [4.69, 9.17) is 37.8 Å². The van der Waals surface area contributed by atoms with Crippen LogP contribution in [0.15, 0.2) is 65.6 Å². The Morgan fingerprint density at radius 3 is 2.40 bits per heavy atom. The average Bonchev–Trinajstić information content (AvgIpc) is 2.98. The Morgan fingerprint density at radius 2 is 1.71 bits per heavy atom. The monoisotopic (exact) mass is 632 g/mol. The van der Waals surface area contributed by atoms with Gasteiger partial charge in [-0.1, -0.05) is 53.5 Å². The van der Waals surface area contributed by atoms with Crippen LogP contribution in [0, 0.1) is 0 Å². The van der Waals surface area contributed by atoms with Crippen LogP contribution in [0.5, 0.6) is 5.75 Å². The number of carbonyl (C=O) groups is 2. The van der Waals surface area contributed by atoms with Gasteiger partial charge in [0.2, 0.25) is 15.9 Å². The van der Waals surface area contributed by atoms with Crippen LogP contribution >= 0.6 is 23.2 Å². The normalized spacial score (nSPS) is 16.5. The molecule has 2 N–H and O–H groups in total. The zero-order valence-corrected chi connectivity index (χ0v) is 25.2. The van der Waals surface area contributed by atoms with Crippen LogP contribution in [0.25, 0.3) is 11.1 Å². The smallest absolute Gasteiger partial charge is 0.265 e. The molecule has 0 aliphatic carbocycles. The molecular formula is C29H30Cl2N4O6S. The first-order chi connectivity index (χ1) is 20.0. The van der Waals surface area contributed by atoms with E-state index in [2.05, 4.69) is 4.90 Å². The summed E-state index contributed by atoms with van der Waals surface area (Å²) in [6.45, 7) is 2.77. The fourth-order valence-electron chi connectivity index (χ4n) is 5.03. The number of ether oxygens (including phenoxy) is 2. The molecule has 2 aliphatic heterocycles. The minimum atomic E-state index is -3.81. The first-order valence-electron chi connectivity index (χ1n) is 13.2. The summed E-state index contributed by atoms with van der Waals surface area (Å²) >= 11 is 12.4. The SMILES string of the molecule is CN(C(=O)CN1C(=O)COc2cc(Cl)c(Cl)cc21)C(CN1CCOCC1)c1cccc(-c2ccc(S(N)(=O)=O)cc2)c1. The number of nitrogens with zero attached hydrogens (tertiary/aromatic N) is 3. The number of sulfonamides is 1. The van der Waals surface area contributed by atoms with Crippen LogP contribution in [-0.2, 0) is 24.3 Å². The summed E-state index contributed by atoms with van der Waals surface area (Å²) < 4.78 is 34.4. The van der Waals surface area contributed by atoms with Crippen molar-refractivity contribution in [3.05, 3.63) is 76.3 Å². The molecular weight excluding hydrogens is 603 g/mol. The fraction of sp³-hybridized carbons (Fsp3) is 0.310. The Kier molecular flexibility index (Phi) is 9.07. The number of hydrogen-bond donors (Lipinski definition) is 1. The van der Waals surface area contributed by atoms with Crippen molar-refractivity contribution in [2.24, 2.45) is 5.14 Å². The van der Waals surface area contributed by atoms with Gasteiger partial charge >= 0.3 is 0 Å². The molecule has 42 heavy (non-hydrogen) atoms. The molecule has 0 bridgehead atoms. The number of morpholine rings is 1. The van der Waals surface area contributed by atoms with Crippen LogP contribution in [0.2, 0.25) is 10.0 Å². The second-order valence-corrected chi connectivity index (χ2v) is 12.5. The van der Waals surface area contributed by atoms with Crippen molar-refractivity contribution in [1.29, 1.82) is 0 Å². The van der Waals surface area contributed by atoms with E-state index in [0.717, 1.165) is 29.8 Å². The Bertz CT molecular complexity index is 1600. The summed E-state index contributed by atoms with van der Waals surface area (Å²) in [5.74, 6) is -0.258. The van der Waals surface area contributed by atoms with Crippen molar-refractivity contribution >= 4 is 50.7 Å². The number of nitrogens with two attached hydrogens (primary N) is 1. The topological polar surface area (TPSA) is 122 Å². The van der Waals surface area contributed by atoms with E-state index >= 15 is 0 Å². The number of carbonyl (C=O) groups excluding carboxylic acids is 2. The molecule has 0 saturated carbocycles. The molecule has 1 unspecified atom stereocenters. The van der Waals surface area contributed by atoms with Gasteiger partial charge in [-0.05, 0) is 41.0 Å². The molecule has 0 aromatic heterocycles. The Hall–Kier alpha value is -3.19. The summed E-state index contributed by atoms with van der Waals surface area (Å²) in [7, 11) is -2.09. The number of rotatable bonds is 8. The number of fused-ring (bicyclic) bond motifs is 1. The molecule has 1 fully saturated rings. The van der Waals surface area contributed by atoms with Gasteiger partial charge in [-0.2, -0.15) is 0 Å². The van der Waals surface area contributed by atoms with Crippen LogP contribution in [0.4, 0.5) is 5.69 Å². The third-order valence-electron chi connectivity index (χ3n) is 7.42. The van der Waals surface area contributed by atoms with Crippen molar-refractivity contribution < 1.29 is 27.5 Å². The van der Waals surface area contributed by atoms with Crippen LogP contribution in [0.1, 0.15) is 11.6 Å². The van der Waals surface area contributed by atoms with E-state index in [9.17, 15) is 18.0 Å². The fourth-order valence-corrected chi connectivity index (χ4v) is 5.86. The lowest BCUT2D eigenvalue weighted by Crippen LogP contribution is -2.48. The van der Waals surface area contributed by atoms with E-state index in [1.807, 2.05) is 24.3 Å². The van der Waals surface area contributed by atoms with Crippen LogP contribution in [-0.4, -0.2) is 83.1 Å². The van der Waals surface area contributed by atoms with E-state index in [0.29, 0.717) is 31.2 Å². The van der Waals surface area contributed by atoms with Gasteiger partial charge in [-0.15, -0.1) is 0 Å². The van der Waals surface area contributed by atoms with Gasteiger partial charge in [0.1, 0.15) is 12.3 Å². The molecule has 1 atom stereocenters. The van der Waals surface area contributed by atoms with Crippen molar-refractivity contribution in [3.8, 4) is 16.9 Å². The van der Waals surface area contributed by atoms with E-state index in [1.54, 1.807) is 24.1 Å². The van der Waals surface area contributed by atoms with E-state index in [-0.39, 0.29) is 45.9 Å². The highest BCUT2D eigenvalue weighted by Gasteiger charge is 2.32. The molecule has 2 heterocycles.